The summed E-state index contributed by atoms with van der Waals surface area (Å²) in [5.41, 5.74) is 4.33. The van der Waals surface area contributed by atoms with Crippen LogP contribution in [0.2, 0.25) is 0 Å². The van der Waals surface area contributed by atoms with Crippen molar-refractivity contribution in [2.75, 3.05) is 19.4 Å². The highest BCUT2D eigenvalue weighted by Gasteiger charge is 2.20. The molecule has 0 saturated heterocycles. The quantitative estimate of drug-likeness (QED) is 0.928. The largest absolute Gasteiger partial charge is 0.355 e. The lowest BCUT2D eigenvalue weighted by Gasteiger charge is -2.15. The van der Waals surface area contributed by atoms with Crippen molar-refractivity contribution in [1.82, 2.24) is 4.31 Å². The van der Waals surface area contributed by atoms with Gasteiger partial charge in [0.15, 0.2) is 0 Å². The van der Waals surface area contributed by atoms with E-state index in [-0.39, 0.29) is 0 Å². The molecule has 0 atom stereocenters. The Hall–Kier alpha value is -1.85. The summed E-state index contributed by atoms with van der Waals surface area (Å²) >= 11 is 0. The van der Waals surface area contributed by atoms with Crippen molar-refractivity contribution < 1.29 is 8.42 Å². The Morgan fingerprint density at radius 2 is 1.62 bits per heavy atom. The van der Waals surface area contributed by atoms with E-state index in [0.717, 1.165) is 29.8 Å². The number of nitrogens with one attached hydrogen (secondary N) is 1. The number of hydrogen-bond acceptors (Lipinski definition) is 3. The molecule has 0 saturated carbocycles. The Kier molecular flexibility index (Phi) is 3.47. The Morgan fingerprint density at radius 1 is 0.952 bits per heavy atom. The van der Waals surface area contributed by atoms with Crippen LogP contribution in [0.4, 0.5) is 11.4 Å². The summed E-state index contributed by atoms with van der Waals surface area (Å²) in [6.45, 7) is 0. The van der Waals surface area contributed by atoms with Gasteiger partial charge in [0.1, 0.15) is 0 Å². The third kappa shape index (κ3) is 2.54. The van der Waals surface area contributed by atoms with Gasteiger partial charge in [-0.1, -0.05) is 24.3 Å². The van der Waals surface area contributed by atoms with E-state index >= 15 is 0 Å². The number of hydrogen-bond donors (Lipinski definition) is 1. The molecule has 2 aromatic rings. The first kappa shape index (κ1) is 14.1. The number of sulfonamides is 1. The second kappa shape index (κ2) is 5.16. The molecule has 0 spiro atoms. The topological polar surface area (TPSA) is 49.4 Å². The van der Waals surface area contributed by atoms with E-state index in [9.17, 15) is 8.42 Å². The van der Waals surface area contributed by atoms with Gasteiger partial charge in [0, 0.05) is 25.5 Å². The molecule has 2 aromatic carbocycles. The van der Waals surface area contributed by atoms with Gasteiger partial charge in [0.25, 0.3) is 0 Å². The molecule has 0 unspecified atom stereocenters. The molecule has 1 heterocycles. The van der Waals surface area contributed by atoms with E-state index in [1.54, 1.807) is 26.2 Å². The molecule has 21 heavy (non-hydrogen) atoms. The van der Waals surface area contributed by atoms with E-state index < -0.39 is 10.0 Å². The normalized spacial score (nSPS) is 14.0. The molecule has 0 radical (unpaired) electrons. The first-order valence-electron chi connectivity index (χ1n) is 6.89. The van der Waals surface area contributed by atoms with Crippen molar-refractivity contribution >= 4 is 21.4 Å². The summed E-state index contributed by atoms with van der Waals surface area (Å²) in [5, 5.41) is 3.37. The summed E-state index contributed by atoms with van der Waals surface area (Å²) in [7, 11) is -0.316. The van der Waals surface area contributed by atoms with Gasteiger partial charge < -0.3 is 5.32 Å². The second-order valence-corrected chi connectivity index (χ2v) is 7.54. The average Bonchev–Trinajstić information content (AvgIpc) is 2.65. The van der Waals surface area contributed by atoms with Gasteiger partial charge in [-0.2, -0.15) is 0 Å². The third-order valence-corrected chi connectivity index (χ3v) is 5.62. The smallest absolute Gasteiger partial charge is 0.242 e. The van der Waals surface area contributed by atoms with Crippen LogP contribution in [0.5, 0.6) is 0 Å². The predicted octanol–water partition coefficient (Wildman–Crippen LogP) is 2.78. The van der Waals surface area contributed by atoms with Gasteiger partial charge in [-0.15, -0.1) is 0 Å². The second-order valence-electron chi connectivity index (χ2n) is 5.39. The molecular formula is C16H18N2O2S. The lowest BCUT2D eigenvalue weighted by atomic mass is 10.0. The first-order valence-corrected chi connectivity index (χ1v) is 8.33. The van der Waals surface area contributed by atoms with Gasteiger partial charge in [0.2, 0.25) is 10.0 Å². The summed E-state index contributed by atoms with van der Waals surface area (Å²) in [5.74, 6) is 0. The monoisotopic (exact) mass is 302 g/mol. The van der Waals surface area contributed by atoms with Crippen LogP contribution >= 0.6 is 0 Å². The number of fused-ring (bicyclic) bond motifs is 2. The Labute approximate surface area is 125 Å². The number of nitrogens with zero attached hydrogens (tertiary/aromatic N) is 1. The molecule has 0 amide bonds. The van der Waals surface area contributed by atoms with E-state index in [1.807, 2.05) is 24.3 Å². The summed E-state index contributed by atoms with van der Waals surface area (Å²) in [6, 6.07) is 13.5. The fraction of sp³-hybridized carbons (Fsp3) is 0.250. The van der Waals surface area contributed by atoms with Crippen LogP contribution in [0.3, 0.4) is 0 Å². The Morgan fingerprint density at radius 3 is 2.33 bits per heavy atom. The molecule has 1 aliphatic heterocycles. The maximum Gasteiger partial charge on any atom is 0.242 e. The highest BCUT2D eigenvalue weighted by Crippen LogP contribution is 2.31. The van der Waals surface area contributed by atoms with Crippen LogP contribution < -0.4 is 5.32 Å². The van der Waals surface area contributed by atoms with Crippen molar-refractivity contribution in [2.24, 2.45) is 0 Å². The molecule has 0 fully saturated rings. The molecule has 4 nitrogen and oxygen atoms in total. The molecular weight excluding hydrogens is 284 g/mol. The minimum Gasteiger partial charge on any atom is -0.355 e. The maximum absolute atomic E-state index is 12.2. The van der Waals surface area contributed by atoms with Gasteiger partial charge in [-0.3, -0.25) is 0 Å². The molecule has 0 aliphatic carbocycles. The first-order chi connectivity index (χ1) is 9.98. The SMILES string of the molecule is CN(C)S(=O)(=O)c1ccc2c(c1)Nc1ccccc1CC2. The molecule has 0 aromatic heterocycles. The number of anilines is 2. The van der Waals surface area contributed by atoms with Crippen LogP contribution in [0.25, 0.3) is 0 Å². The van der Waals surface area contributed by atoms with E-state index in [0.29, 0.717) is 4.90 Å². The van der Waals surface area contributed by atoms with Crippen molar-refractivity contribution in [1.29, 1.82) is 0 Å². The van der Waals surface area contributed by atoms with E-state index in [4.69, 9.17) is 0 Å². The van der Waals surface area contributed by atoms with Crippen LogP contribution in [-0.2, 0) is 22.9 Å². The maximum atomic E-state index is 12.2. The standard InChI is InChI=1S/C16H18N2O2S/c1-18(2)21(19,20)14-10-9-13-8-7-12-5-3-4-6-15(12)17-16(13)11-14/h3-6,9-11,17H,7-8H2,1-2H3. The van der Waals surface area contributed by atoms with Gasteiger partial charge in [-0.05, 0) is 42.2 Å². The van der Waals surface area contributed by atoms with Crippen molar-refractivity contribution in [2.45, 2.75) is 17.7 Å². The lowest BCUT2D eigenvalue weighted by molar-refractivity contribution is 0.521. The predicted molar refractivity (Wildman–Crippen MR) is 84.4 cm³/mol. The molecule has 1 aliphatic rings. The van der Waals surface area contributed by atoms with Crippen molar-refractivity contribution in [3.8, 4) is 0 Å². The van der Waals surface area contributed by atoms with Crippen molar-refractivity contribution in [3.63, 3.8) is 0 Å². The zero-order valence-corrected chi connectivity index (χ0v) is 12.9. The minimum atomic E-state index is -3.41. The lowest BCUT2D eigenvalue weighted by Crippen LogP contribution is -2.22. The number of benzene rings is 2. The fourth-order valence-electron chi connectivity index (χ4n) is 2.54. The summed E-state index contributed by atoms with van der Waals surface area (Å²) in [6.07, 6.45) is 1.86. The Bertz CT molecular complexity index is 783. The summed E-state index contributed by atoms with van der Waals surface area (Å²) in [4.78, 5) is 0.318. The van der Waals surface area contributed by atoms with Gasteiger partial charge in [-0.25, -0.2) is 12.7 Å². The zero-order valence-electron chi connectivity index (χ0n) is 12.1. The van der Waals surface area contributed by atoms with Gasteiger partial charge >= 0.3 is 0 Å². The van der Waals surface area contributed by atoms with Crippen LogP contribution in [0.15, 0.2) is 47.4 Å². The van der Waals surface area contributed by atoms with Crippen LogP contribution in [0.1, 0.15) is 11.1 Å². The highest BCUT2D eigenvalue weighted by atomic mass is 32.2. The third-order valence-electron chi connectivity index (χ3n) is 3.81. The van der Waals surface area contributed by atoms with E-state index in [2.05, 4.69) is 11.4 Å². The summed E-state index contributed by atoms with van der Waals surface area (Å²) < 4.78 is 25.7. The number of para-hydroxylation sites is 1. The van der Waals surface area contributed by atoms with Crippen LogP contribution in [-0.4, -0.2) is 26.8 Å². The van der Waals surface area contributed by atoms with Crippen LogP contribution in [0, 0.1) is 0 Å². The molecule has 3 rings (SSSR count). The minimum absolute atomic E-state index is 0.318. The Balaban J connectivity index is 2.07. The molecule has 5 heteroatoms. The van der Waals surface area contributed by atoms with Crippen molar-refractivity contribution in [3.05, 3.63) is 53.6 Å². The molecule has 1 N–H and O–H groups in total. The molecule has 0 bridgehead atoms. The number of aryl methyl sites for hydroxylation is 2. The number of rotatable bonds is 2. The highest BCUT2D eigenvalue weighted by molar-refractivity contribution is 7.89. The zero-order chi connectivity index (χ0) is 15.0. The van der Waals surface area contributed by atoms with E-state index in [1.165, 1.54) is 9.87 Å². The fourth-order valence-corrected chi connectivity index (χ4v) is 3.46. The van der Waals surface area contributed by atoms with Gasteiger partial charge in [0.05, 0.1) is 4.90 Å². The molecule has 110 valence electrons. The average molecular weight is 302 g/mol.